The van der Waals surface area contributed by atoms with Crippen molar-refractivity contribution in [3.8, 4) is 11.5 Å². The van der Waals surface area contributed by atoms with Crippen molar-refractivity contribution in [2.24, 2.45) is 0 Å². The van der Waals surface area contributed by atoms with E-state index in [1.54, 1.807) is 0 Å². The lowest BCUT2D eigenvalue weighted by Crippen LogP contribution is -2.29. The maximum Gasteiger partial charge on any atom is 0.416 e. The summed E-state index contributed by atoms with van der Waals surface area (Å²) in [4.78, 5) is 13.7. The summed E-state index contributed by atoms with van der Waals surface area (Å²) >= 11 is 0. The van der Waals surface area contributed by atoms with Crippen LogP contribution in [0.2, 0.25) is 0 Å². The molecule has 1 heterocycles. The first-order valence-electron chi connectivity index (χ1n) is 11.4. The highest BCUT2D eigenvalue weighted by atomic mass is 19.4. The van der Waals surface area contributed by atoms with E-state index in [1.165, 1.54) is 36.3 Å². The van der Waals surface area contributed by atoms with Gasteiger partial charge < -0.3 is 14.8 Å². The third-order valence-electron chi connectivity index (χ3n) is 5.82. The van der Waals surface area contributed by atoms with Gasteiger partial charge in [-0.05, 0) is 41.5 Å². The van der Waals surface area contributed by atoms with Crippen LogP contribution in [-0.4, -0.2) is 23.9 Å². The second-order valence-electron chi connectivity index (χ2n) is 8.47. The molecule has 12 heteroatoms. The lowest BCUT2D eigenvalue weighted by molar-refractivity contribution is -0.143. The van der Waals surface area contributed by atoms with Crippen LogP contribution in [0.3, 0.4) is 0 Å². The molecule has 0 saturated carbocycles. The summed E-state index contributed by atoms with van der Waals surface area (Å²) in [5.41, 5.74) is -1.79. The van der Waals surface area contributed by atoms with Crippen LogP contribution in [0.25, 0.3) is 6.08 Å². The van der Waals surface area contributed by atoms with Gasteiger partial charge in [0, 0.05) is 5.56 Å². The molecule has 1 fully saturated rings. The minimum absolute atomic E-state index is 0.0453. The van der Waals surface area contributed by atoms with E-state index in [9.17, 15) is 31.1 Å². The first-order chi connectivity index (χ1) is 18.4. The Morgan fingerprint density at radius 2 is 1.64 bits per heavy atom. The molecule has 3 aromatic carbocycles. The Morgan fingerprint density at radius 1 is 0.923 bits per heavy atom. The number of benzene rings is 3. The number of alkyl halides is 6. The topological polar surface area (TPSA) is 74.7 Å². The fourth-order valence-electron chi connectivity index (χ4n) is 3.87. The van der Waals surface area contributed by atoms with E-state index >= 15 is 0 Å². The predicted molar refractivity (Wildman–Crippen MR) is 130 cm³/mol. The zero-order valence-corrected chi connectivity index (χ0v) is 20.3. The molecular formula is C27H21F6N3O3. The van der Waals surface area contributed by atoms with Crippen LogP contribution in [0.4, 0.5) is 31.1 Å². The molecule has 4 rings (SSSR count). The summed E-state index contributed by atoms with van der Waals surface area (Å²) in [5, 5.41) is 11.0. The summed E-state index contributed by atoms with van der Waals surface area (Å²) < 4.78 is 89.8. The van der Waals surface area contributed by atoms with E-state index in [-0.39, 0.29) is 35.6 Å². The van der Waals surface area contributed by atoms with Crippen LogP contribution in [-0.2, 0) is 25.5 Å². The van der Waals surface area contributed by atoms with Crippen LogP contribution >= 0.6 is 0 Å². The Hall–Kier alpha value is -4.48. The molecule has 0 unspecified atom stereocenters. The second-order valence-corrected chi connectivity index (χ2v) is 8.47. The van der Waals surface area contributed by atoms with Crippen molar-refractivity contribution in [3.63, 3.8) is 0 Å². The average Bonchev–Trinajstić information content (AvgIpc) is 3.14. The van der Waals surface area contributed by atoms with Crippen LogP contribution < -0.4 is 14.8 Å². The van der Waals surface area contributed by atoms with Gasteiger partial charge in [-0.15, -0.1) is 0 Å². The van der Waals surface area contributed by atoms with Crippen molar-refractivity contribution in [1.29, 1.82) is 5.41 Å². The van der Waals surface area contributed by atoms with Gasteiger partial charge in [0.05, 0.1) is 30.5 Å². The van der Waals surface area contributed by atoms with E-state index in [0.29, 0.717) is 11.6 Å². The van der Waals surface area contributed by atoms with Gasteiger partial charge in [0.2, 0.25) is 0 Å². The molecule has 0 aromatic heterocycles. The van der Waals surface area contributed by atoms with Gasteiger partial charge in [-0.1, -0.05) is 42.5 Å². The minimum atomic E-state index is -5.02. The molecule has 0 radical (unpaired) electrons. The molecule has 2 amide bonds. The van der Waals surface area contributed by atoms with Crippen molar-refractivity contribution in [1.82, 2.24) is 10.2 Å². The Kier molecular flexibility index (Phi) is 7.57. The summed E-state index contributed by atoms with van der Waals surface area (Å²) in [6.45, 7) is -0.471. The lowest BCUT2D eigenvalue weighted by Gasteiger charge is -2.17. The molecule has 0 spiro atoms. The molecule has 204 valence electrons. The van der Waals surface area contributed by atoms with E-state index in [4.69, 9.17) is 14.9 Å². The van der Waals surface area contributed by atoms with Gasteiger partial charge in [-0.2, -0.15) is 26.3 Å². The SMILES string of the molecule is COc1cc(/C=C2\NC(=O)N(Cc3ccccc3)C2=N)ccc1OCc1ccc(C(F)(F)F)cc1C(F)(F)F. The zero-order valence-electron chi connectivity index (χ0n) is 20.3. The normalized spacial score (nSPS) is 15.1. The standard InChI is InChI=1S/C27H21F6N3O3/c1-38-23-12-17(11-21-24(34)36(25(37)35-21)14-16-5-3-2-4-6-16)7-10-22(23)39-15-18-8-9-19(26(28,29)30)13-20(18)27(31,32)33/h2-13,34H,14-15H2,1H3,(H,35,37)/b21-11-,34-24?. The highest BCUT2D eigenvalue weighted by Crippen LogP contribution is 2.38. The summed E-state index contributed by atoms with van der Waals surface area (Å²) in [6, 6.07) is 14.4. The average molecular weight is 549 g/mol. The number of nitrogens with zero attached hydrogens (tertiary/aromatic N) is 1. The molecule has 1 aliphatic heterocycles. The first-order valence-corrected chi connectivity index (χ1v) is 11.4. The molecule has 1 aliphatic rings. The number of carbonyl (C=O) groups excluding carboxylic acids is 1. The van der Waals surface area contributed by atoms with Crippen molar-refractivity contribution in [2.75, 3.05) is 7.11 Å². The molecular weight excluding hydrogens is 528 g/mol. The van der Waals surface area contributed by atoms with Crippen molar-refractivity contribution < 1.29 is 40.6 Å². The van der Waals surface area contributed by atoms with Crippen LogP contribution in [0.1, 0.15) is 27.8 Å². The number of amidine groups is 1. The smallest absolute Gasteiger partial charge is 0.416 e. The Labute approximate surface area is 219 Å². The van der Waals surface area contributed by atoms with Crippen molar-refractivity contribution >= 4 is 17.9 Å². The Morgan fingerprint density at radius 3 is 2.28 bits per heavy atom. The van der Waals surface area contributed by atoms with Crippen LogP contribution in [0.5, 0.6) is 11.5 Å². The molecule has 0 atom stereocenters. The quantitative estimate of drug-likeness (QED) is 0.317. The highest BCUT2D eigenvalue weighted by Gasteiger charge is 2.38. The maximum atomic E-state index is 13.4. The number of urea groups is 1. The van der Waals surface area contributed by atoms with Gasteiger partial charge in [-0.3, -0.25) is 10.3 Å². The third kappa shape index (κ3) is 6.33. The van der Waals surface area contributed by atoms with Gasteiger partial charge in [0.1, 0.15) is 6.61 Å². The number of rotatable bonds is 7. The highest BCUT2D eigenvalue weighted by molar-refractivity contribution is 6.15. The number of methoxy groups -OCH3 is 1. The van der Waals surface area contributed by atoms with Crippen molar-refractivity contribution in [3.05, 3.63) is 100 Å². The summed E-state index contributed by atoms with van der Waals surface area (Å²) in [5.74, 6) is 0.121. The third-order valence-corrected chi connectivity index (χ3v) is 5.82. The van der Waals surface area contributed by atoms with E-state index in [2.05, 4.69) is 5.32 Å². The number of ether oxygens (including phenoxy) is 2. The van der Waals surface area contributed by atoms with Gasteiger partial charge in [-0.25, -0.2) is 4.79 Å². The molecule has 3 aromatic rings. The minimum Gasteiger partial charge on any atom is -0.493 e. The summed E-state index contributed by atoms with van der Waals surface area (Å²) in [6.07, 6.45) is -8.43. The molecule has 1 saturated heterocycles. The van der Waals surface area contributed by atoms with Gasteiger partial charge >= 0.3 is 18.4 Å². The predicted octanol–water partition coefficient (Wildman–Crippen LogP) is 6.86. The monoisotopic (exact) mass is 549 g/mol. The number of amides is 2. The summed E-state index contributed by atoms with van der Waals surface area (Å²) in [7, 11) is 1.30. The Balaban J connectivity index is 1.52. The molecule has 0 aliphatic carbocycles. The van der Waals surface area contributed by atoms with Crippen LogP contribution in [0, 0.1) is 5.41 Å². The number of carbonyl (C=O) groups is 1. The number of hydrogen-bond donors (Lipinski definition) is 2. The second kappa shape index (κ2) is 10.7. The van der Waals surface area contributed by atoms with Gasteiger partial charge in [0.15, 0.2) is 17.3 Å². The zero-order chi connectivity index (χ0) is 28.4. The fraction of sp³-hybridized carbons (Fsp3) is 0.185. The molecule has 6 nitrogen and oxygen atoms in total. The molecule has 2 N–H and O–H groups in total. The fourth-order valence-corrected chi connectivity index (χ4v) is 3.87. The first kappa shape index (κ1) is 27.6. The maximum absolute atomic E-state index is 13.4. The molecule has 39 heavy (non-hydrogen) atoms. The van der Waals surface area contributed by atoms with Crippen molar-refractivity contribution in [2.45, 2.75) is 25.5 Å². The number of halogens is 6. The van der Waals surface area contributed by atoms with E-state index in [1.807, 2.05) is 30.3 Å². The molecule has 0 bridgehead atoms. The lowest BCUT2D eigenvalue weighted by atomic mass is 10.0. The van der Waals surface area contributed by atoms with Crippen LogP contribution in [0.15, 0.2) is 72.4 Å². The van der Waals surface area contributed by atoms with E-state index < -0.39 is 41.7 Å². The number of hydrogen-bond acceptors (Lipinski definition) is 4. The largest absolute Gasteiger partial charge is 0.493 e. The number of nitrogens with one attached hydrogen (secondary N) is 2. The van der Waals surface area contributed by atoms with E-state index in [0.717, 1.165) is 11.6 Å². The van der Waals surface area contributed by atoms with Gasteiger partial charge in [0.25, 0.3) is 0 Å². The Bertz CT molecular complexity index is 1420.